The summed E-state index contributed by atoms with van der Waals surface area (Å²) >= 11 is 1.72. The number of nitrogens with zero attached hydrogens (tertiary/aromatic N) is 1. The van der Waals surface area contributed by atoms with Gasteiger partial charge in [-0.05, 0) is 26.4 Å². The van der Waals surface area contributed by atoms with Crippen molar-refractivity contribution < 1.29 is 0 Å². The van der Waals surface area contributed by atoms with E-state index in [0.717, 1.165) is 6.54 Å². The van der Waals surface area contributed by atoms with Gasteiger partial charge in [-0.3, -0.25) is 0 Å². The molecule has 0 aliphatic rings. The van der Waals surface area contributed by atoms with Gasteiger partial charge in [0.2, 0.25) is 0 Å². The van der Waals surface area contributed by atoms with Crippen molar-refractivity contribution in [3.63, 3.8) is 0 Å². The van der Waals surface area contributed by atoms with Crippen LogP contribution in [0.25, 0.3) is 0 Å². The van der Waals surface area contributed by atoms with E-state index in [-0.39, 0.29) is 0 Å². The summed E-state index contributed by atoms with van der Waals surface area (Å²) in [6.07, 6.45) is 4.53. The summed E-state index contributed by atoms with van der Waals surface area (Å²) in [5.41, 5.74) is 0. The van der Waals surface area contributed by atoms with Crippen LogP contribution in [0.1, 0.15) is 26.7 Å². The highest BCUT2D eigenvalue weighted by Crippen LogP contribution is 2.04. The first kappa shape index (κ1) is 12.0. The van der Waals surface area contributed by atoms with Crippen molar-refractivity contribution in [2.45, 2.75) is 26.7 Å². The third-order valence-corrected chi connectivity index (χ3v) is 2.48. The van der Waals surface area contributed by atoms with Crippen molar-refractivity contribution in [2.24, 2.45) is 5.92 Å². The van der Waals surface area contributed by atoms with E-state index in [0.29, 0.717) is 5.92 Å². The van der Waals surface area contributed by atoms with Crippen LogP contribution in [0.3, 0.4) is 0 Å². The maximum absolute atomic E-state index is 3.40. The Kier molecular flexibility index (Phi) is 7.58. The minimum atomic E-state index is 0.636. The molecule has 0 fully saturated rings. The minimum absolute atomic E-state index is 0.636. The first-order valence-corrected chi connectivity index (χ1v) is 5.94. The van der Waals surface area contributed by atoms with Gasteiger partial charge in [0.1, 0.15) is 0 Å². The van der Waals surface area contributed by atoms with Crippen LogP contribution in [0.4, 0.5) is 0 Å². The first-order valence-electron chi connectivity index (χ1n) is 4.71. The summed E-state index contributed by atoms with van der Waals surface area (Å²) < 4.78 is 0. The van der Waals surface area contributed by atoms with E-state index in [4.69, 9.17) is 0 Å². The normalized spacial score (nSPS) is 12.8. The Labute approximate surface area is 80.7 Å². The molecule has 0 spiro atoms. The zero-order valence-corrected chi connectivity index (χ0v) is 9.58. The van der Waals surface area contributed by atoms with Crippen LogP contribution in [0.5, 0.6) is 0 Å². The molecule has 0 saturated carbocycles. The summed E-state index contributed by atoms with van der Waals surface area (Å²) in [5.74, 6) is 0.636. The monoisotopic (exact) mass is 187 g/mol. The van der Waals surface area contributed by atoms with E-state index in [1.807, 2.05) is 0 Å². The van der Waals surface area contributed by atoms with E-state index in [2.05, 4.69) is 37.2 Å². The molecule has 0 aliphatic carbocycles. The first-order chi connectivity index (χ1) is 5.74. The Morgan fingerprint density at radius 3 is 2.50 bits per heavy atom. The molecule has 12 heavy (non-hydrogen) atoms. The summed E-state index contributed by atoms with van der Waals surface area (Å²) in [5, 5.41) is 3.40. The third kappa shape index (κ3) is 5.59. The van der Waals surface area contributed by atoms with Gasteiger partial charge < -0.3 is 4.90 Å². The molecule has 1 unspecified atom stereocenters. The fraction of sp³-hybridized carbons (Fsp3) is 0.900. The van der Waals surface area contributed by atoms with Crippen LogP contribution < -0.4 is 0 Å². The molecule has 0 N–H and O–H groups in total. The molecular weight excluding hydrogens is 166 g/mol. The molecule has 0 rings (SSSR count). The molecule has 1 atom stereocenters. The molecular formula is C10H21NS. The Morgan fingerprint density at radius 2 is 2.08 bits per heavy atom. The van der Waals surface area contributed by atoms with Gasteiger partial charge in [-0.15, -0.1) is 11.2 Å². The van der Waals surface area contributed by atoms with E-state index in [1.54, 1.807) is 11.2 Å². The molecule has 72 valence electrons. The van der Waals surface area contributed by atoms with Gasteiger partial charge in [0.15, 0.2) is 0 Å². The lowest BCUT2D eigenvalue weighted by Crippen LogP contribution is -2.25. The van der Waals surface area contributed by atoms with Gasteiger partial charge in [0.25, 0.3) is 0 Å². The summed E-state index contributed by atoms with van der Waals surface area (Å²) in [6.45, 7) is 6.81. The highest BCUT2D eigenvalue weighted by atomic mass is 32.1. The number of hydrogen-bond acceptors (Lipinski definition) is 1. The minimum Gasteiger partial charge on any atom is -0.305 e. The molecule has 0 radical (unpaired) electrons. The molecule has 0 heterocycles. The van der Waals surface area contributed by atoms with Gasteiger partial charge in [-0.2, -0.15) is 0 Å². The zero-order chi connectivity index (χ0) is 9.40. The number of hydrogen-bond donors (Lipinski definition) is 0. The quantitative estimate of drug-likeness (QED) is 0.639. The van der Waals surface area contributed by atoms with Gasteiger partial charge in [-0.25, -0.2) is 0 Å². The molecule has 0 bridgehead atoms. The van der Waals surface area contributed by atoms with Crippen molar-refractivity contribution in [3.05, 3.63) is 0 Å². The van der Waals surface area contributed by atoms with E-state index in [1.165, 1.54) is 19.4 Å². The maximum atomic E-state index is 3.40. The van der Waals surface area contributed by atoms with Gasteiger partial charge in [-0.1, -0.05) is 19.0 Å². The summed E-state index contributed by atoms with van der Waals surface area (Å²) in [4.78, 5) is 2.39. The Bertz CT molecular complexity index is 157. The van der Waals surface area contributed by atoms with Gasteiger partial charge >= 0.3 is 0 Å². The lowest BCUT2D eigenvalue weighted by Gasteiger charge is -2.18. The fourth-order valence-corrected chi connectivity index (χ4v) is 1.84. The van der Waals surface area contributed by atoms with Gasteiger partial charge in [0, 0.05) is 18.7 Å². The Balaban J connectivity index is 3.74. The van der Waals surface area contributed by atoms with Crippen LogP contribution in [0.15, 0.2) is 0 Å². The largest absolute Gasteiger partial charge is 0.305 e. The molecule has 0 saturated heterocycles. The zero-order valence-electron chi connectivity index (χ0n) is 8.76. The molecule has 0 aromatic heterocycles. The second kappa shape index (κ2) is 7.60. The second-order valence-corrected chi connectivity index (χ2v) is 3.83. The summed E-state index contributed by atoms with van der Waals surface area (Å²) in [6, 6.07) is 0. The van der Waals surface area contributed by atoms with Crippen LogP contribution in [-0.4, -0.2) is 31.3 Å². The average molecular weight is 187 g/mol. The van der Waals surface area contributed by atoms with Crippen molar-refractivity contribution in [1.82, 2.24) is 4.90 Å². The topological polar surface area (TPSA) is 3.24 Å². The van der Waals surface area contributed by atoms with Crippen LogP contribution in [0.2, 0.25) is 0 Å². The SMILES string of the molecule is CCCN(C)CC(C#SC)CC. The lowest BCUT2D eigenvalue weighted by molar-refractivity contribution is 0.302. The van der Waals surface area contributed by atoms with E-state index < -0.39 is 0 Å². The fourth-order valence-electron chi connectivity index (χ4n) is 1.27. The van der Waals surface area contributed by atoms with Crippen LogP contribution in [-0.2, 0) is 0 Å². The van der Waals surface area contributed by atoms with Gasteiger partial charge in [0.05, 0.1) is 0 Å². The predicted molar refractivity (Wildman–Crippen MR) is 59.0 cm³/mol. The van der Waals surface area contributed by atoms with Crippen molar-refractivity contribution in [3.8, 4) is 5.18 Å². The average Bonchev–Trinajstić information content (AvgIpc) is 2.04. The van der Waals surface area contributed by atoms with Crippen molar-refractivity contribution in [1.29, 1.82) is 0 Å². The van der Waals surface area contributed by atoms with E-state index in [9.17, 15) is 0 Å². The number of rotatable bonds is 5. The van der Waals surface area contributed by atoms with Crippen molar-refractivity contribution >= 4 is 11.2 Å². The highest BCUT2D eigenvalue weighted by Gasteiger charge is 2.04. The summed E-state index contributed by atoms with van der Waals surface area (Å²) in [7, 11) is 2.19. The Hall–Kier alpha value is -0.0400. The third-order valence-electron chi connectivity index (χ3n) is 1.91. The van der Waals surface area contributed by atoms with Crippen LogP contribution >= 0.6 is 11.2 Å². The van der Waals surface area contributed by atoms with Crippen molar-refractivity contribution in [2.75, 3.05) is 26.4 Å². The standard InChI is InChI=1S/C10H21NS/c1-5-7-11(3)8-10(6-2)9-12-4/h10H,5-8H2,1-4H3. The highest BCUT2D eigenvalue weighted by molar-refractivity contribution is 7.87. The molecule has 0 aromatic carbocycles. The molecule has 0 amide bonds. The second-order valence-electron chi connectivity index (χ2n) is 3.19. The van der Waals surface area contributed by atoms with Crippen LogP contribution in [0, 0.1) is 11.1 Å². The molecule has 0 aromatic rings. The Morgan fingerprint density at radius 1 is 1.42 bits per heavy atom. The predicted octanol–water partition coefficient (Wildman–Crippen LogP) is 2.68. The lowest BCUT2D eigenvalue weighted by atomic mass is 10.1. The molecule has 1 nitrogen and oxygen atoms in total. The molecule has 2 heteroatoms. The van der Waals surface area contributed by atoms with E-state index >= 15 is 0 Å². The smallest absolute Gasteiger partial charge is 0.0348 e. The molecule has 0 aliphatic heterocycles. The maximum Gasteiger partial charge on any atom is 0.0348 e.